The summed E-state index contributed by atoms with van der Waals surface area (Å²) in [4.78, 5) is 0. The zero-order valence-electron chi connectivity index (χ0n) is 35.8. The Morgan fingerprint density at radius 1 is 0.393 bits per heavy atom. The van der Waals surface area contributed by atoms with Crippen molar-refractivity contribution in [3.8, 4) is 0 Å². The molecule has 0 N–H and O–H groups in total. The molecule has 3 rings (SSSR count). The quantitative estimate of drug-likeness (QED) is 0.124. The highest BCUT2D eigenvalue weighted by Gasteiger charge is 2.56. The van der Waals surface area contributed by atoms with Gasteiger partial charge in [0.1, 0.15) is 85.5 Å². The Hall–Kier alpha value is -0.760. The number of hydrogen-bond acceptors (Lipinski definition) is 19. The molecule has 3 heterocycles. The highest BCUT2D eigenvalue weighted by atomic mass is 16.8. The summed E-state index contributed by atoms with van der Waals surface area (Å²) in [6.07, 6.45) is -13.8. The van der Waals surface area contributed by atoms with Gasteiger partial charge in [-0.1, -0.05) is 0 Å². The van der Waals surface area contributed by atoms with Gasteiger partial charge in [0.25, 0.3) is 0 Å². The van der Waals surface area contributed by atoms with E-state index in [-0.39, 0.29) is 19.8 Å². The Balaban J connectivity index is 2.04. The SMILES string of the molecule is COC[C@H](OC)[C@H](OC)[C@H](O[C@@H]1O[C@H](COC)[C@@H](OC)[C@H](O[C@@H]2O[C@@H](C)[C@H](OC)[C@@H](O[C@@H]3O[C@@H](C)[C@H](OC)[C@@H](OC)[C@H]3OC)[C@H]2OC)[C@H]1OC)[C@@H](COC)OC. The maximum Gasteiger partial charge on any atom is 0.187 e. The summed E-state index contributed by atoms with van der Waals surface area (Å²) < 4.78 is 116. The first-order valence-electron chi connectivity index (χ1n) is 18.7. The number of hydrogen-bond donors (Lipinski definition) is 0. The van der Waals surface area contributed by atoms with E-state index in [0.717, 1.165) is 0 Å². The van der Waals surface area contributed by atoms with Crippen molar-refractivity contribution in [2.45, 2.75) is 130 Å². The third-order valence-electron chi connectivity index (χ3n) is 10.8. The van der Waals surface area contributed by atoms with Gasteiger partial charge in [-0.15, -0.1) is 0 Å². The van der Waals surface area contributed by atoms with E-state index in [1.54, 1.807) is 78.2 Å². The van der Waals surface area contributed by atoms with Crippen LogP contribution in [0.25, 0.3) is 0 Å². The second kappa shape index (κ2) is 25.1. The second-order valence-electron chi connectivity index (χ2n) is 13.8. The second-order valence-corrected chi connectivity index (χ2v) is 13.8. The summed E-state index contributed by atoms with van der Waals surface area (Å²) in [5, 5.41) is 0. The molecule has 0 amide bonds. The van der Waals surface area contributed by atoms with Crippen LogP contribution in [-0.2, 0) is 90.0 Å². The van der Waals surface area contributed by atoms with Gasteiger partial charge in [0.05, 0.1) is 32.0 Å². The zero-order valence-corrected chi connectivity index (χ0v) is 35.8. The van der Waals surface area contributed by atoms with Crippen molar-refractivity contribution in [2.24, 2.45) is 0 Å². The standard InChI is InChI=1S/C37H70O19/c1-19-24(43-8)29(47-12)32(48-13)35(51-19)55-30-25(44-9)20(2)52-36(33(30)49-14)56-31-27(46-11)23(18-40-5)53-37(34(31)50-15)54-28(22(42-7)17-39-4)26(45-10)21(41-6)16-38-3/h19-37H,16-18H2,1-15H3/t19-,20-,21-,22+,23+,24-,25-,26-,27+,28+,29+,30+,31-,32+,33+,34+,35-,36-,37-/m0/s1. The molecule has 0 aliphatic carbocycles. The first-order chi connectivity index (χ1) is 27.1. The van der Waals surface area contributed by atoms with Crippen molar-refractivity contribution in [3.05, 3.63) is 0 Å². The molecule has 332 valence electrons. The largest absolute Gasteiger partial charge is 0.382 e. The normalized spacial score (nSPS) is 38.9. The fourth-order valence-corrected chi connectivity index (χ4v) is 7.97. The van der Waals surface area contributed by atoms with Crippen LogP contribution in [0.2, 0.25) is 0 Å². The zero-order chi connectivity index (χ0) is 41.5. The van der Waals surface area contributed by atoms with Gasteiger partial charge in [0.15, 0.2) is 18.9 Å². The van der Waals surface area contributed by atoms with Gasteiger partial charge >= 0.3 is 0 Å². The molecule has 56 heavy (non-hydrogen) atoms. The van der Waals surface area contributed by atoms with E-state index in [1.165, 1.54) is 14.2 Å². The maximum atomic E-state index is 6.90. The van der Waals surface area contributed by atoms with Gasteiger partial charge in [-0.25, -0.2) is 0 Å². The third kappa shape index (κ3) is 11.5. The first-order valence-corrected chi connectivity index (χ1v) is 18.7. The molecule has 0 unspecified atom stereocenters. The molecule has 3 fully saturated rings. The van der Waals surface area contributed by atoms with Crippen molar-refractivity contribution >= 4 is 0 Å². The molecular formula is C37H70O19. The molecule has 0 saturated carbocycles. The molecule has 0 aromatic rings. The van der Waals surface area contributed by atoms with Crippen LogP contribution in [0.3, 0.4) is 0 Å². The third-order valence-corrected chi connectivity index (χ3v) is 10.8. The van der Waals surface area contributed by atoms with Crippen molar-refractivity contribution < 1.29 is 90.0 Å². The summed E-state index contributed by atoms with van der Waals surface area (Å²) in [6, 6.07) is 0. The molecule has 0 radical (unpaired) electrons. The fourth-order valence-electron chi connectivity index (χ4n) is 7.97. The van der Waals surface area contributed by atoms with Crippen LogP contribution in [0.5, 0.6) is 0 Å². The van der Waals surface area contributed by atoms with E-state index in [1.807, 2.05) is 13.8 Å². The molecule has 0 aromatic carbocycles. The summed E-state index contributed by atoms with van der Waals surface area (Å²) in [5.74, 6) is 0. The molecule has 0 aromatic heterocycles. The van der Waals surface area contributed by atoms with Crippen molar-refractivity contribution in [1.82, 2.24) is 0 Å². The molecule has 19 atom stereocenters. The monoisotopic (exact) mass is 818 g/mol. The van der Waals surface area contributed by atoms with Gasteiger partial charge in [0, 0.05) is 92.4 Å². The smallest absolute Gasteiger partial charge is 0.187 e. The molecular weight excluding hydrogens is 748 g/mol. The Morgan fingerprint density at radius 3 is 1.21 bits per heavy atom. The number of methoxy groups -OCH3 is 13. The van der Waals surface area contributed by atoms with Crippen LogP contribution in [0, 0.1) is 0 Å². The van der Waals surface area contributed by atoms with Crippen LogP contribution in [-0.4, -0.2) is 229 Å². The van der Waals surface area contributed by atoms with Crippen LogP contribution in [0.4, 0.5) is 0 Å². The van der Waals surface area contributed by atoms with Gasteiger partial charge in [-0.2, -0.15) is 0 Å². The summed E-state index contributed by atoms with van der Waals surface area (Å²) in [6.45, 7) is 4.23. The van der Waals surface area contributed by atoms with Gasteiger partial charge in [-0.05, 0) is 13.8 Å². The van der Waals surface area contributed by atoms with Crippen LogP contribution >= 0.6 is 0 Å². The van der Waals surface area contributed by atoms with Crippen LogP contribution in [0.15, 0.2) is 0 Å². The lowest BCUT2D eigenvalue weighted by Crippen LogP contribution is -2.67. The predicted octanol–water partition coefficient (Wildman–Crippen LogP) is 0.446. The molecule has 19 heteroatoms. The van der Waals surface area contributed by atoms with E-state index in [0.29, 0.717) is 0 Å². The molecule has 3 saturated heterocycles. The lowest BCUT2D eigenvalue weighted by molar-refractivity contribution is -0.388. The Labute approximate surface area is 332 Å². The summed E-state index contributed by atoms with van der Waals surface area (Å²) >= 11 is 0. The van der Waals surface area contributed by atoms with E-state index < -0.39 is 117 Å². The Bertz CT molecular complexity index is 1050. The molecule has 3 aliphatic rings. The maximum absolute atomic E-state index is 6.90. The number of ether oxygens (including phenoxy) is 19. The highest BCUT2D eigenvalue weighted by molar-refractivity contribution is 4.99. The lowest BCUT2D eigenvalue weighted by atomic mass is 9.95. The van der Waals surface area contributed by atoms with E-state index in [4.69, 9.17) is 90.0 Å². The van der Waals surface area contributed by atoms with Gasteiger partial charge < -0.3 is 90.0 Å². The summed E-state index contributed by atoms with van der Waals surface area (Å²) in [7, 11) is 20.3. The van der Waals surface area contributed by atoms with Crippen LogP contribution in [0.1, 0.15) is 13.8 Å². The predicted molar refractivity (Wildman–Crippen MR) is 196 cm³/mol. The minimum absolute atomic E-state index is 0.120. The summed E-state index contributed by atoms with van der Waals surface area (Å²) in [5.41, 5.74) is 0. The van der Waals surface area contributed by atoms with E-state index in [9.17, 15) is 0 Å². The molecule has 0 bridgehead atoms. The van der Waals surface area contributed by atoms with Gasteiger partial charge in [-0.3, -0.25) is 0 Å². The van der Waals surface area contributed by atoms with Crippen molar-refractivity contribution in [1.29, 1.82) is 0 Å². The first kappa shape index (κ1) is 49.6. The topological polar surface area (TPSA) is 175 Å². The van der Waals surface area contributed by atoms with Crippen molar-refractivity contribution in [2.75, 3.05) is 112 Å². The van der Waals surface area contributed by atoms with Crippen LogP contribution < -0.4 is 0 Å². The minimum atomic E-state index is -1.09. The average molecular weight is 819 g/mol. The molecule has 3 aliphatic heterocycles. The number of rotatable bonds is 25. The van der Waals surface area contributed by atoms with Gasteiger partial charge in [0.2, 0.25) is 0 Å². The highest BCUT2D eigenvalue weighted by Crippen LogP contribution is 2.37. The van der Waals surface area contributed by atoms with E-state index >= 15 is 0 Å². The Kier molecular flexibility index (Phi) is 22.2. The Morgan fingerprint density at radius 2 is 0.804 bits per heavy atom. The minimum Gasteiger partial charge on any atom is -0.382 e. The van der Waals surface area contributed by atoms with E-state index in [2.05, 4.69) is 0 Å². The average Bonchev–Trinajstić information content (AvgIpc) is 3.19. The molecule has 19 nitrogen and oxygen atoms in total. The lowest BCUT2D eigenvalue weighted by Gasteiger charge is -2.51. The molecule has 0 spiro atoms. The fraction of sp³-hybridized carbons (Fsp3) is 1.00. The van der Waals surface area contributed by atoms with Crippen molar-refractivity contribution in [3.63, 3.8) is 0 Å².